The fourth-order valence-electron chi connectivity index (χ4n) is 1.46. The zero-order valence-corrected chi connectivity index (χ0v) is 10.5. The van der Waals surface area contributed by atoms with Gasteiger partial charge in [-0.05, 0) is 12.1 Å². The molecular formula is C12H12N2O3S. The molecule has 0 spiro atoms. The zero-order chi connectivity index (χ0) is 13.0. The summed E-state index contributed by atoms with van der Waals surface area (Å²) in [6.45, 7) is 0. The second kappa shape index (κ2) is 5.50. The molecule has 94 valence electrons. The maximum atomic E-state index is 10.6. The quantitative estimate of drug-likeness (QED) is 0.868. The van der Waals surface area contributed by atoms with E-state index in [9.17, 15) is 4.79 Å². The van der Waals surface area contributed by atoms with Gasteiger partial charge in [-0.2, -0.15) is 0 Å². The van der Waals surface area contributed by atoms with Crippen molar-refractivity contribution in [1.82, 2.24) is 4.98 Å². The highest BCUT2D eigenvalue weighted by atomic mass is 32.1. The van der Waals surface area contributed by atoms with Crippen LogP contribution in [0.2, 0.25) is 0 Å². The lowest BCUT2D eigenvalue weighted by Crippen LogP contribution is -2.00. The fraction of sp³-hybridized carbons (Fsp3) is 0.167. The van der Waals surface area contributed by atoms with Crippen molar-refractivity contribution in [2.24, 2.45) is 0 Å². The Balaban J connectivity index is 2.13. The number of nitrogens with zero attached hydrogens (tertiary/aromatic N) is 1. The van der Waals surface area contributed by atoms with E-state index in [0.717, 1.165) is 5.69 Å². The van der Waals surface area contributed by atoms with Crippen LogP contribution in [0.3, 0.4) is 0 Å². The van der Waals surface area contributed by atoms with Gasteiger partial charge in [0.1, 0.15) is 5.75 Å². The van der Waals surface area contributed by atoms with Gasteiger partial charge in [0.15, 0.2) is 5.13 Å². The van der Waals surface area contributed by atoms with Gasteiger partial charge in [-0.15, -0.1) is 11.3 Å². The topological polar surface area (TPSA) is 71.5 Å². The zero-order valence-electron chi connectivity index (χ0n) is 9.71. The van der Waals surface area contributed by atoms with Crippen molar-refractivity contribution in [1.29, 1.82) is 0 Å². The molecule has 0 aliphatic rings. The molecule has 0 atom stereocenters. The molecule has 2 rings (SSSR count). The molecule has 1 aromatic heterocycles. The number of nitrogens with one attached hydrogen (secondary N) is 1. The minimum Gasteiger partial charge on any atom is -0.495 e. The van der Waals surface area contributed by atoms with Gasteiger partial charge >= 0.3 is 5.97 Å². The third kappa shape index (κ3) is 2.98. The normalized spacial score (nSPS) is 10.1. The number of aliphatic carboxylic acids is 1. The van der Waals surface area contributed by atoms with E-state index < -0.39 is 5.97 Å². The van der Waals surface area contributed by atoms with Crippen LogP contribution in [0.1, 0.15) is 5.69 Å². The summed E-state index contributed by atoms with van der Waals surface area (Å²) >= 11 is 1.36. The van der Waals surface area contributed by atoms with E-state index >= 15 is 0 Å². The van der Waals surface area contributed by atoms with Gasteiger partial charge in [0.2, 0.25) is 0 Å². The first-order chi connectivity index (χ1) is 8.69. The molecule has 5 nitrogen and oxygen atoms in total. The molecule has 0 aliphatic carbocycles. The summed E-state index contributed by atoms with van der Waals surface area (Å²) in [5.74, 6) is -0.170. The molecule has 0 aliphatic heterocycles. The Morgan fingerprint density at radius 3 is 3.00 bits per heavy atom. The van der Waals surface area contributed by atoms with Crippen molar-refractivity contribution in [3.05, 3.63) is 35.3 Å². The Morgan fingerprint density at radius 2 is 2.28 bits per heavy atom. The summed E-state index contributed by atoms with van der Waals surface area (Å²) < 4.78 is 5.21. The average molecular weight is 264 g/mol. The van der Waals surface area contributed by atoms with Crippen LogP contribution in [0.4, 0.5) is 10.8 Å². The molecule has 0 radical (unpaired) electrons. The number of aromatic nitrogens is 1. The van der Waals surface area contributed by atoms with Crippen LogP contribution in [0.15, 0.2) is 29.6 Å². The maximum absolute atomic E-state index is 10.6. The maximum Gasteiger partial charge on any atom is 0.309 e. The van der Waals surface area contributed by atoms with Gasteiger partial charge < -0.3 is 15.2 Å². The highest BCUT2D eigenvalue weighted by Crippen LogP contribution is 2.28. The van der Waals surface area contributed by atoms with E-state index in [1.54, 1.807) is 12.5 Å². The van der Waals surface area contributed by atoms with Crippen LogP contribution >= 0.6 is 11.3 Å². The molecule has 0 saturated heterocycles. The molecule has 0 bridgehead atoms. The first kappa shape index (κ1) is 12.4. The Labute approximate surface area is 108 Å². The van der Waals surface area contributed by atoms with Gasteiger partial charge in [-0.1, -0.05) is 12.1 Å². The van der Waals surface area contributed by atoms with Gasteiger partial charge in [0.05, 0.1) is 24.9 Å². The Hall–Kier alpha value is -2.08. The monoisotopic (exact) mass is 264 g/mol. The summed E-state index contributed by atoms with van der Waals surface area (Å²) in [6.07, 6.45) is -0.0654. The lowest BCUT2D eigenvalue weighted by Gasteiger charge is -2.07. The molecule has 0 unspecified atom stereocenters. The van der Waals surface area contributed by atoms with Crippen molar-refractivity contribution in [2.75, 3.05) is 12.4 Å². The number of anilines is 2. The van der Waals surface area contributed by atoms with Gasteiger partial charge in [0, 0.05) is 5.38 Å². The third-order valence-electron chi connectivity index (χ3n) is 2.23. The summed E-state index contributed by atoms with van der Waals surface area (Å²) in [5.41, 5.74) is 1.35. The van der Waals surface area contributed by atoms with Crippen molar-refractivity contribution in [3.63, 3.8) is 0 Å². The smallest absolute Gasteiger partial charge is 0.309 e. The van der Waals surface area contributed by atoms with Crippen LogP contribution in [0.5, 0.6) is 5.75 Å². The lowest BCUT2D eigenvalue weighted by atomic mass is 10.3. The van der Waals surface area contributed by atoms with E-state index in [2.05, 4.69) is 10.3 Å². The number of hydrogen-bond acceptors (Lipinski definition) is 5. The molecule has 0 amide bonds. The van der Waals surface area contributed by atoms with E-state index in [0.29, 0.717) is 16.6 Å². The molecule has 0 saturated carbocycles. The van der Waals surface area contributed by atoms with Crippen LogP contribution in [-0.2, 0) is 11.2 Å². The Kier molecular flexibility index (Phi) is 3.78. The third-order valence-corrected chi connectivity index (χ3v) is 3.04. The largest absolute Gasteiger partial charge is 0.495 e. The molecular weight excluding hydrogens is 252 g/mol. The number of carboxylic acid groups (broad SMARTS) is 1. The minimum atomic E-state index is -0.885. The van der Waals surface area contributed by atoms with Crippen LogP contribution in [-0.4, -0.2) is 23.2 Å². The fourth-order valence-corrected chi connectivity index (χ4v) is 2.19. The summed E-state index contributed by atoms with van der Waals surface area (Å²) in [6, 6.07) is 7.48. The molecule has 2 N–H and O–H groups in total. The van der Waals surface area contributed by atoms with Crippen LogP contribution in [0.25, 0.3) is 0 Å². The number of benzene rings is 1. The number of ether oxygens (including phenoxy) is 1. The first-order valence-corrected chi connectivity index (χ1v) is 6.13. The second-order valence-corrected chi connectivity index (χ2v) is 4.40. The first-order valence-electron chi connectivity index (χ1n) is 5.25. The number of hydrogen-bond donors (Lipinski definition) is 2. The number of para-hydroxylation sites is 2. The SMILES string of the molecule is COc1ccccc1Nc1nc(CC(=O)O)cs1. The summed E-state index contributed by atoms with van der Waals surface area (Å²) in [5, 5.41) is 14.2. The highest BCUT2D eigenvalue weighted by molar-refractivity contribution is 7.13. The molecule has 2 aromatic rings. The molecule has 1 heterocycles. The number of thiazole rings is 1. The molecule has 6 heteroatoms. The van der Waals surface area contributed by atoms with Gasteiger partial charge in [0.25, 0.3) is 0 Å². The number of carboxylic acids is 1. The number of methoxy groups -OCH3 is 1. The standard InChI is InChI=1S/C12H12N2O3S/c1-17-10-5-3-2-4-9(10)14-12-13-8(7-18-12)6-11(15)16/h2-5,7H,6H2,1H3,(H,13,14)(H,15,16). The Morgan fingerprint density at radius 1 is 1.50 bits per heavy atom. The number of rotatable bonds is 5. The average Bonchev–Trinajstić information content (AvgIpc) is 2.76. The van der Waals surface area contributed by atoms with Crippen molar-refractivity contribution in [3.8, 4) is 5.75 Å². The highest BCUT2D eigenvalue weighted by Gasteiger charge is 2.08. The van der Waals surface area contributed by atoms with E-state index in [1.807, 2.05) is 24.3 Å². The van der Waals surface area contributed by atoms with Crippen molar-refractivity contribution >= 4 is 28.1 Å². The van der Waals surface area contributed by atoms with Crippen molar-refractivity contribution < 1.29 is 14.6 Å². The van der Waals surface area contributed by atoms with E-state index in [1.165, 1.54) is 11.3 Å². The molecule has 1 aromatic carbocycles. The second-order valence-electron chi connectivity index (χ2n) is 3.54. The van der Waals surface area contributed by atoms with Crippen LogP contribution < -0.4 is 10.1 Å². The predicted octanol–water partition coefficient (Wildman–Crippen LogP) is 2.52. The Bertz CT molecular complexity index is 554. The molecule has 0 fully saturated rings. The van der Waals surface area contributed by atoms with Gasteiger partial charge in [-0.25, -0.2) is 4.98 Å². The predicted molar refractivity (Wildman–Crippen MR) is 69.7 cm³/mol. The van der Waals surface area contributed by atoms with Crippen molar-refractivity contribution in [2.45, 2.75) is 6.42 Å². The number of carbonyl (C=O) groups is 1. The van der Waals surface area contributed by atoms with Crippen LogP contribution in [0, 0.1) is 0 Å². The van der Waals surface area contributed by atoms with E-state index in [4.69, 9.17) is 9.84 Å². The minimum absolute atomic E-state index is 0.0654. The van der Waals surface area contributed by atoms with Gasteiger partial charge in [-0.3, -0.25) is 4.79 Å². The summed E-state index contributed by atoms with van der Waals surface area (Å²) in [4.78, 5) is 14.8. The lowest BCUT2D eigenvalue weighted by molar-refractivity contribution is -0.136. The van der Waals surface area contributed by atoms with E-state index in [-0.39, 0.29) is 6.42 Å². The summed E-state index contributed by atoms with van der Waals surface area (Å²) in [7, 11) is 1.60. The molecule has 18 heavy (non-hydrogen) atoms.